The molecular formula is C4H8N2O7S. The lowest BCUT2D eigenvalue weighted by atomic mass is 10.7. The first-order valence-corrected chi connectivity index (χ1v) is 3.71. The fraction of sp³-hybridized carbons (Fsp3) is 0.500. The lowest BCUT2D eigenvalue weighted by Crippen LogP contribution is -2.25. The molecule has 0 heterocycles. The smallest absolute Gasteiger partial charge is 0.358 e. The quantitative estimate of drug-likeness (QED) is 0.263. The molecule has 0 radical (unpaired) electrons. The predicted molar refractivity (Wildman–Crippen MR) is 44.6 cm³/mol. The molecule has 0 fully saturated rings. The van der Waals surface area contributed by atoms with Crippen molar-refractivity contribution in [1.29, 1.82) is 0 Å². The second-order valence-corrected chi connectivity index (χ2v) is 2.82. The van der Waals surface area contributed by atoms with Crippen LogP contribution >= 0.6 is 11.8 Å². The number of aliphatic hydroxyl groups is 1. The van der Waals surface area contributed by atoms with Gasteiger partial charge in [0.2, 0.25) is 5.44 Å². The summed E-state index contributed by atoms with van der Waals surface area (Å²) in [5, 5.41) is 26.9. The van der Waals surface area contributed by atoms with E-state index in [1.165, 1.54) is 0 Å². The number of nitrogens with zero attached hydrogens (tertiary/aromatic N) is 1. The van der Waals surface area contributed by atoms with Gasteiger partial charge in [0.1, 0.15) is 0 Å². The lowest BCUT2D eigenvalue weighted by molar-refractivity contribution is -0.144. The minimum Gasteiger partial charge on any atom is -0.479 e. The molecule has 0 aromatic rings. The van der Waals surface area contributed by atoms with E-state index in [4.69, 9.17) is 15.3 Å². The zero-order valence-electron chi connectivity index (χ0n) is 6.69. The molecule has 0 aromatic heterocycles. The summed E-state index contributed by atoms with van der Waals surface area (Å²) in [4.78, 5) is 33.5. The van der Waals surface area contributed by atoms with Crippen LogP contribution in [0.2, 0.25) is 0 Å². The molecule has 0 saturated carbocycles. The maximum absolute atomic E-state index is 10.2. The number of aliphatic carboxylic acids is 2. The van der Waals surface area contributed by atoms with Crippen LogP contribution in [-0.4, -0.2) is 38.1 Å². The van der Waals surface area contributed by atoms with Gasteiger partial charge in [-0.25, -0.2) is 9.59 Å². The van der Waals surface area contributed by atoms with Crippen LogP contribution in [0.4, 0.5) is 0 Å². The molecule has 82 valence electrons. The Morgan fingerprint density at radius 3 is 2.07 bits per heavy atom. The normalized spacial score (nSPS) is 13.2. The number of rotatable bonds is 6. The average Bonchev–Trinajstić information content (AvgIpc) is 2.03. The first-order chi connectivity index (χ1) is 5.99. The molecule has 0 bridgehead atoms. The molecule has 0 aliphatic carbocycles. The van der Waals surface area contributed by atoms with Crippen molar-refractivity contribution in [3.63, 3.8) is 0 Å². The van der Waals surface area contributed by atoms with E-state index in [2.05, 4.69) is 4.84 Å². The van der Waals surface area contributed by atoms with Crippen molar-refractivity contribution in [1.82, 2.24) is 6.15 Å². The number of carbonyl (C=O) groups is 2. The Balaban J connectivity index is 0. The van der Waals surface area contributed by atoms with Crippen LogP contribution in [0.3, 0.4) is 0 Å². The van der Waals surface area contributed by atoms with Gasteiger partial charge in [-0.3, -0.25) is 0 Å². The van der Waals surface area contributed by atoms with E-state index in [0.29, 0.717) is 0 Å². The average molecular weight is 228 g/mol. The van der Waals surface area contributed by atoms with E-state index in [9.17, 15) is 14.5 Å². The van der Waals surface area contributed by atoms with Gasteiger partial charge >= 0.3 is 11.9 Å². The van der Waals surface area contributed by atoms with E-state index >= 15 is 0 Å². The molecule has 0 rings (SSSR count). The van der Waals surface area contributed by atoms with Gasteiger partial charge in [0.05, 0.1) is 0 Å². The molecule has 0 aliphatic rings. The summed E-state index contributed by atoms with van der Waals surface area (Å²) in [5.74, 6) is -3.24. The van der Waals surface area contributed by atoms with Crippen LogP contribution in [0.5, 0.6) is 0 Å². The molecule has 6 N–H and O–H groups in total. The molecule has 2 atom stereocenters. The van der Waals surface area contributed by atoms with Gasteiger partial charge < -0.3 is 26.3 Å². The Morgan fingerprint density at radius 2 is 1.79 bits per heavy atom. The largest absolute Gasteiger partial charge is 0.479 e. The highest BCUT2D eigenvalue weighted by Gasteiger charge is 2.28. The van der Waals surface area contributed by atoms with Crippen molar-refractivity contribution >= 4 is 23.7 Å². The third-order valence-corrected chi connectivity index (χ3v) is 1.80. The summed E-state index contributed by atoms with van der Waals surface area (Å²) in [6.45, 7) is 0. The number of carboxylic acids is 2. The summed E-state index contributed by atoms with van der Waals surface area (Å²) >= 11 is 0.0260. The summed E-state index contributed by atoms with van der Waals surface area (Å²) in [7, 11) is 0. The predicted octanol–water partition coefficient (Wildman–Crippen LogP) is -0.607. The summed E-state index contributed by atoms with van der Waals surface area (Å²) in [6.07, 6.45) is 0. The number of carboxylic acid groups (broad SMARTS) is 2. The zero-order valence-corrected chi connectivity index (χ0v) is 7.51. The second kappa shape index (κ2) is 7.06. The van der Waals surface area contributed by atoms with Crippen LogP contribution in [0.25, 0.3) is 0 Å². The summed E-state index contributed by atoms with van der Waals surface area (Å²) in [5.41, 5.74) is -3.81. The fourth-order valence-electron chi connectivity index (χ4n) is 0.343. The number of hydrogen-bond acceptors (Lipinski definition) is 8. The van der Waals surface area contributed by atoms with Crippen LogP contribution in [0.1, 0.15) is 0 Å². The lowest BCUT2D eigenvalue weighted by Gasteiger charge is -2.09. The Bertz CT molecular complexity index is 222. The van der Waals surface area contributed by atoms with Crippen LogP contribution in [-0.2, 0) is 14.4 Å². The minimum atomic E-state index is -1.98. The van der Waals surface area contributed by atoms with Gasteiger partial charge in [0.25, 0.3) is 5.44 Å². The van der Waals surface area contributed by atoms with Crippen LogP contribution < -0.4 is 6.15 Å². The van der Waals surface area contributed by atoms with Crippen LogP contribution in [0, 0.1) is 4.91 Å². The summed E-state index contributed by atoms with van der Waals surface area (Å²) in [6, 6.07) is 0. The minimum absolute atomic E-state index is 0. The molecule has 9 nitrogen and oxygen atoms in total. The summed E-state index contributed by atoms with van der Waals surface area (Å²) < 4.78 is 0. The van der Waals surface area contributed by atoms with E-state index in [0.717, 1.165) is 0 Å². The van der Waals surface area contributed by atoms with Crippen LogP contribution in [0.15, 0.2) is 5.34 Å². The molecule has 14 heavy (non-hydrogen) atoms. The maximum atomic E-state index is 10.2. The molecule has 10 heteroatoms. The van der Waals surface area contributed by atoms with E-state index in [1.54, 1.807) is 0 Å². The molecule has 0 aromatic carbocycles. The van der Waals surface area contributed by atoms with E-state index in [-0.39, 0.29) is 17.9 Å². The van der Waals surface area contributed by atoms with Crippen molar-refractivity contribution in [2.75, 3.05) is 0 Å². The molecule has 0 aliphatic heterocycles. The van der Waals surface area contributed by atoms with Crippen molar-refractivity contribution in [2.45, 2.75) is 10.9 Å². The monoisotopic (exact) mass is 228 g/mol. The SMILES string of the molecule is N.O=NOC(SC(O)C(=O)O)C(=O)O. The van der Waals surface area contributed by atoms with Gasteiger partial charge in [-0.05, 0) is 0 Å². The molecular weight excluding hydrogens is 220 g/mol. The third kappa shape index (κ3) is 5.29. The zero-order chi connectivity index (χ0) is 10.4. The first-order valence-electron chi connectivity index (χ1n) is 2.76. The molecule has 0 spiro atoms. The van der Waals surface area contributed by atoms with Gasteiger partial charge in [0, 0.05) is 0 Å². The van der Waals surface area contributed by atoms with Gasteiger partial charge in [0.15, 0.2) is 5.34 Å². The number of hydrogen-bond donors (Lipinski definition) is 4. The van der Waals surface area contributed by atoms with E-state index in [1.807, 2.05) is 5.34 Å². The standard InChI is InChI=1S/C4H5NO7S.H3N/c6-1(7)3(10)13-4(2(8)9)12-5-11;/h3-4,10H,(H,6,7)(H,8,9);1H3. The Hall–Kier alpha value is -1.39. The van der Waals surface area contributed by atoms with Crippen molar-refractivity contribution in [2.24, 2.45) is 5.34 Å². The van der Waals surface area contributed by atoms with Crippen molar-refractivity contribution in [3.8, 4) is 0 Å². The highest BCUT2D eigenvalue weighted by Crippen LogP contribution is 2.17. The molecule has 2 unspecified atom stereocenters. The van der Waals surface area contributed by atoms with Crippen molar-refractivity contribution in [3.05, 3.63) is 4.91 Å². The highest BCUT2D eigenvalue weighted by molar-refractivity contribution is 8.01. The maximum Gasteiger partial charge on any atom is 0.358 e. The Labute approximate surface area is 81.6 Å². The van der Waals surface area contributed by atoms with E-state index < -0.39 is 22.8 Å². The topological polar surface area (TPSA) is 168 Å². The number of aliphatic hydroxyl groups excluding tert-OH is 1. The fourth-order valence-corrected chi connectivity index (χ4v) is 0.894. The third-order valence-electron chi connectivity index (χ3n) is 0.804. The van der Waals surface area contributed by atoms with Gasteiger partial charge in [-0.2, -0.15) is 0 Å². The Morgan fingerprint density at radius 1 is 1.29 bits per heavy atom. The Kier molecular flexibility index (Phi) is 7.61. The second-order valence-electron chi connectivity index (χ2n) is 1.68. The number of thioether (sulfide) groups is 1. The van der Waals surface area contributed by atoms with Crippen molar-refractivity contribution < 1.29 is 29.7 Å². The molecule has 0 saturated heterocycles. The molecule has 0 amide bonds. The first kappa shape index (κ1) is 15.1. The van der Waals surface area contributed by atoms with Gasteiger partial charge in [-0.15, -0.1) is 4.91 Å². The highest BCUT2D eigenvalue weighted by atomic mass is 32.2. The van der Waals surface area contributed by atoms with Gasteiger partial charge in [-0.1, -0.05) is 11.8 Å².